The van der Waals surface area contributed by atoms with Crippen molar-refractivity contribution in [3.63, 3.8) is 0 Å². The van der Waals surface area contributed by atoms with Crippen LogP contribution in [0, 0.1) is 0 Å². The third-order valence-electron chi connectivity index (χ3n) is 0. The zero-order valence-corrected chi connectivity index (χ0v) is 12.6. The van der Waals surface area contributed by atoms with E-state index in [4.69, 9.17) is 0 Å². The van der Waals surface area contributed by atoms with E-state index in [-0.39, 0.29) is 93.8 Å². The van der Waals surface area contributed by atoms with Gasteiger partial charge in [-0.2, -0.15) is 0 Å². The minimum absolute atomic E-state index is 0. The van der Waals surface area contributed by atoms with Crippen LogP contribution < -0.4 is 0 Å². The van der Waals surface area contributed by atoms with Gasteiger partial charge in [-0.1, -0.05) is 0 Å². The zero-order chi connectivity index (χ0) is 0. The van der Waals surface area contributed by atoms with E-state index >= 15 is 0 Å². The van der Waals surface area contributed by atoms with Gasteiger partial charge in [0, 0.05) is 25.8 Å². The molecule has 0 atom stereocenters. The Kier molecular flexibility index (Phi) is 270. The van der Waals surface area contributed by atoms with Gasteiger partial charge in [-0.25, -0.2) is 0 Å². The van der Waals surface area contributed by atoms with Crippen LogP contribution in [0.5, 0.6) is 0 Å². The third kappa shape index (κ3) is 20.0. The van der Waals surface area contributed by atoms with Crippen LogP contribution in [0.25, 0.3) is 0 Å². The Labute approximate surface area is 92.3 Å². The van der Waals surface area contributed by atoms with Crippen molar-refractivity contribution in [2.75, 3.05) is 0 Å². The molecule has 0 nitrogen and oxygen atoms in total. The zero-order valence-electron chi connectivity index (χ0n) is 2.13. The summed E-state index contributed by atoms with van der Waals surface area (Å²) in [6.07, 6.45) is 0. The first-order chi connectivity index (χ1) is 0. The van der Waals surface area contributed by atoms with E-state index in [1.165, 1.54) is 0 Å². The molecule has 0 amide bonds. The first-order valence-corrected chi connectivity index (χ1v) is 0. The van der Waals surface area contributed by atoms with Crippen molar-refractivity contribution in [1.82, 2.24) is 0 Å². The van der Waals surface area contributed by atoms with Crippen LogP contribution in [0.2, 0.25) is 0 Å². The second kappa shape index (κ2) is 29.2. The van der Waals surface area contributed by atoms with Crippen molar-refractivity contribution in [3.8, 4) is 0 Å². The monoisotopic (exact) mass is 500 g/mol. The van der Waals surface area contributed by atoms with E-state index in [0.717, 1.165) is 0 Å². The Hall–Kier alpha value is 2.79. The molecule has 0 aliphatic rings. The van der Waals surface area contributed by atoms with Gasteiger partial charge in [0.1, 0.15) is 0 Å². The molecule has 5 heteroatoms. The van der Waals surface area contributed by atoms with Gasteiger partial charge in [0.05, 0.1) is 0 Å². The van der Waals surface area contributed by atoms with Crippen LogP contribution >= 0.6 is 67.9 Å². The number of rotatable bonds is 0. The Morgan fingerprint density at radius 3 is 0.400 bits per heavy atom. The maximum absolute atomic E-state index is 0. The molecule has 0 aromatic rings. The van der Waals surface area contributed by atoms with Crippen LogP contribution in [0.3, 0.4) is 0 Å². The standard InChI is InChI=1S/4BrH.Hf/h4*1H;. The molecular formula is H4Br4Hf. The number of halogens is 4. The summed E-state index contributed by atoms with van der Waals surface area (Å²) in [7, 11) is 0. The molecule has 0 aliphatic carbocycles. The maximum Gasteiger partial charge on any atom is 0 e. The minimum atomic E-state index is 0. The van der Waals surface area contributed by atoms with E-state index in [9.17, 15) is 0 Å². The first-order valence-electron chi connectivity index (χ1n) is 0. The summed E-state index contributed by atoms with van der Waals surface area (Å²) >= 11 is 0. The molecule has 0 aromatic carbocycles. The normalized spacial score (nSPS) is 0. The molecule has 0 unspecified atom stereocenters. The second-order valence-corrected chi connectivity index (χ2v) is 0. The van der Waals surface area contributed by atoms with E-state index in [1.807, 2.05) is 0 Å². The molecule has 0 fully saturated rings. The van der Waals surface area contributed by atoms with Crippen LogP contribution in [0.4, 0.5) is 0 Å². The minimum Gasteiger partial charge on any atom is -0.114 e. The van der Waals surface area contributed by atoms with Gasteiger partial charge in [-0.05, 0) is 0 Å². The van der Waals surface area contributed by atoms with E-state index < -0.39 is 0 Å². The molecular weight excluding hydrogens is 498 g/mol. The topological polar surface area (TPSA) is 0 Å². The van der Waals surface area contributed by atoms with Crippen molar-refractivity contribution in [3.05, 3.63) is 0 Å². The second-order valence-electron chi connectivity index (χ2n) is 0. The largest absolute Gasteiger partial charge is 0.114 e. The Bertz CT molecular complexity index is 3.61. The Morgan fingerprint density at radius 2 is 0.400 bits per heavy atom. The predicted octanol–water partition coefficient (Wildman–Crippen LogP) is 2.31. The quantitative estimate of drug-likeness (QED) is 0.447. The average Bonchev–Trinajstić information content (AvgIpc) is 0. The van der Waals surface area contributed by atoms with Crippen LogP contribution in [-0.2, 0) is 25.8 Å². The summed E-state index contributed by atoms with van der Waals surface area (Å²) < 4.78 is 0. The summed E-state index contributed by atoms with van der Waals surface area (Å²) in [6.45, 7) is 0. The summed E-state index contributed by atoms with van der Waals surface area (Å²) in [4.78, 5) is 0. The van der Waals surface area contributed by atoms with Crippen LogP contribution in [0.15, 0.2) is 0 Å². The smallest absolute Gasteiger partial charge is 0 e. The van der Waals surface area contributed by atoms with Gasteiger partial charge in [0.25, 0.3) is 0 Å². The molecule has 0 saturated heterocycles. The Morgan fingerprint density at radius 1 is 0.400 bits per heavy atom. The molecule has 0 saturated carbocycles. The molecule has 0 radical (unpaired) electrons. The van der Waals surface area contributed by atoms with E-state index in [1.54, 1.807) is 0 Å². The molecule has 0 rings (SSSR count). The maximum atomic E-state index is 0. The number of hydrogen-bond acceptors (Lipinski definition) is 0. The van der Waals surface area contributed by atoms with Gasteiger partial charge in [-0.3, -0.25) is 0 Å². The van der Waals surface area contributed by atoms with Crippen molar-refractivity contribution in [2.45, 2.75) is 0 Å². The molecule has 5 heavy (non-hydrogen) atoms. The molecule has 0 aliphatic heterocycles. The first kappa shape index (κ1) is 46.1. The van der Waals surface area contributed by atoms with Gasteiger partial charge in [0.2, 0.25) is 0 Å². The fourth-order valence-corrected chi connectivity index (χ4v) is 0. The van der Waals surface area contributed by atoms with Crippen LogP contribution in [0.1, 0.15) is 0 Å². The Balaban J connectivity index is 0. The SMILES string of the molecule is Br.Br.Br.Br.[Hf]. The summed E-state index contributed by atoms with van der Waals surface area (Å²) in [6, 6.07) is 0. The molecule has 0 aromatic heterocycles. The fraction of sp³-hybridized carbons (Fsp3) is 0. The number of hydrogen-bond donors (Lipinski definition) is 0. The van der Waals surface area contributed by atoms with Gasteiger partial charge in [-0.15, -0.1) is 67.9 Å². The van der Waals surface area contributed by atoms with E-state index in [0.29, 0.717) is 0 Å². The third-order valence-corrected chi connectivity index (χ3v) is 0. The van der Waals surface area contributed by atoms with Crippen LogP contribution in [-0.4, -0.2) is 0 Å². The van der Waals surface area contributed by atoms with Crippen molar-refractivity contribution < 1.29 is 25.8 Å². The van der Waals surface area contributed by atoms with Gasteiger partial charge >= 0.3 is 0 Å². The molecule has 36 valence electrons. The summed E-state index contributed by atoms with van der Waals surface area (Å²) in [5.74, 6) is 0. The summed E-state index contributed by atoms with van der Waals surface area (Å²) in [5, 5.41) is 0. The molecule has 0 heterocycles. The fourth-order valence-electron chi connectivity index (χ4n) is 0. The van der Waals surface area contributed by atoms with Crippen molar-refractivity contribution in [2.24, 2.45) is 0 Å². The summed E-state index contributed by atoms with van der Waals surface area (Å²) in [5.41, 5.74) is 0. The van der Waals surface area contributed by atoms with E-state index in [2.05, 4.69) is 0 Å². The molecule has 0 bridgehead atoms. The van der Waals surface area contributed by atoms with Crippen molar-refractivity contribution >= 4 is 67.9 Å². The predicted molar refractivity (Wildman–Crippen MR) is 41.3 cm³/mol. The van der Waals surface area contributed by atoms with Gasteiger partial charge in [0.15, 0.2) is 0 Å². The van der Waals surface area contributed by atoms with Gasteiger partial charge < -0.3 is 0 Å². The average molecular weight is 502 g/mol. The molecule has 0 spiro atoms. The molecule has 0 N–H and O–H groups in total. The van der Waals surface area contributed by atoms with Crippen molar-refractivity contribution in [1.29, 1.82) is 0 Å².